The van der Waals surface area contributed by atoms with Gasteiger partial charge in [-0.1, -0.05) is 11.3 Å². The topological polar surface area (TPSA) is 88.3 Å². The number of hydrogen-bond acceptors (Lipinski definition) is 6. The van der Waals surface area contributed by atoms with Gasteiger partial charge in [-0.3, -0.25) is 9.79 Å². The van der Waals surface area contributed by atoms with E-state index in [1.54, 1.807) is 12.1 Å². The van der Waals surface area contributed by atoms with Crippen LogP contribution in [0.25, 0.3) is 0 Å². The van der Waals surface area contributed by atoms with Gasteiger partial charge in [0, 0.05) is 18.7 Å². The normalized spacial score (nSPS) is 25.5. The molecule has 3 atom stereocenters. The largest absolute Gasteiger partial charge is 0.356 e. The predicted octanol–water partition coefficient (Wildman–Crippen LogP) is 2.78. The molecular formula is C23H25F2N7O. The summed E-state index contributed by atoms with van der Waals surface area (Å²) in [6, 6.07) is 3.36. The first-order valence-corrected chi connectivity index (χ1v) is 11.4. The van der Waals surface area contributed by atoms with Gasteiger partial charge in [0.2, 0.25) is 0 Å². The van der Waals surface area contributed by atoms with Crippen LogP contribution in [0.15, 0.2) is 34.5 Å². The second-order valence-electron chi connectivity index (χ2n) is 9.50. The van der Waals surface area contributed by atoms with Crippen molar-refractivity contribution < 1.29 is 13.6 Å². The van der Waals surface area contributed by atoms with Gasteiger partial charge in [-0.25, -0.2) is 18.4 Å². The van der Waals surface area contributed by atoms with Crippen molar-refractivity contribution in [2.45, 2.75) is 45.2 Å². The van der Waals surface area contributed by atoms with E-state index in [9.17, 15) is 13.6 Å². The minimum atomic E-state index is -2.69. The van der Waals surface area contributed by atoms with Crippen LogP contribution < -0.4 is 10.2 Å². The highest BCUT2D eigenvalue weighted by Gasteiger charge is 2.45. The first-order chi connectivity index (χ1) is 16.0. The summed E-state index contributed by atoms with van der Waals surface area (Å²) in [6.07, 6.45) is 1.77. The van der Waals surface area contributed by atoms with Crippen LogP contribution >= 0.6 is 0 Å². The van der Waals surface area contributed by atoms with Crippen LogP contribution in [0.3, 0.4) is 0 Å². The molecule has 3 fully saturated rings. The molecule has 10 heteroatoms. The second-order valence-corrected chi connectivity index (χ2v) is 9.50. The highest BCUT2D eigenvalue weighted by Crippen LogP contribution is 2.46. The zero-order chi connectivity index (χ0) is 22.7. The summed E-state index contributed by atoms with van der Waals surface area (Å²) in [5, 5.41) is 10.9. The molecule has 1 amide bonds. The summed E-state index contributed by atoms with van der Waals surface area (Å²) in [5.74, 6) is 1.65. The highest BCUT2D eigenvalue weighted by molar-refractivity contribution is 6.10. The van der Waals surface area contributed by atoms with Crippen molar-refractivity contribution >= 4 is 17.4 Å². The number of pyridine rings is 1. The van der Waals surface area contributed by atoms with Gasteiger partial charge in [0.05, 0.1) is 31.0 Å². The average molecular weight is 453 g/mol. The zero-order valence-corrected chi connectivity index (χ0v) is 18.3. The molecule has 1 saturated heterocycles. The molecule has 4 heterocycles. The molecule has 2 unspecified atom stereocenters. The Morgan fingerprint density at radius 3 is 2.88 bits per heavy atom. The summed E-state index contributed by atoms with van der Waals surface area (Å²) in [5.41, 5.74) is 3.78. The maximum Gasteiger partial charge on any atom is 0.280 e. The number of anilines is 1. The monoisotopic (exact) mass is 453 g/mol. The highest BCUT2D eigenvalue weighted by atomic mass is 19.3. The Morgan fingerprint density at radius 2 is 2.09 bits per heavy atom. The number of alkyl halides is 2. The number of rotatable bonds is 6. The van der Waals surface area contributed by atoms with Crippen molar-refractivity contribution in [3.05, 3.63) is 46.4 Å². The molecule has 0 bridgehead atoms. The van der Waals surface area contributed by atoms with Crippen molar-refractivity contribution in [3.8, 4) is 0 Å². The fourth-order valence-corrected chi connectivity index (χ4v) is 5.30. The van der Waals surface area contributed by atoms with Crippen molar-refractivity contribution in [3.63, 3.8) is 0 Å². The molecule has 0 spiro atoms. The van der Waals surface area contributed by atoms with Gasteiger partial charge >= 0.3 is 0 Å². The summed E-state index contributed by atoms with van der Waals surface area (Å²) < 4.78 is 28.9. The Hall–Kier alpha value is -3.17. The Morgan fingerprint density at radius 1 is 1.27 bits per heavy atom. The molecule has 4 aliphatic rings. The molecule has 2 aromatic heterocycles. The standard InChI is InChI=1S/C23H25F2N7O/c1-12-7-26-21-16(12)3-4-17(21)27-23(33)18-11-32(30-29-18)10-13-2-5-19(28-20(13)22(24)25)31-8-14-6-15(14)9-31/h2,5,11,14-15,17,22H,3-4,6-10H2,1H3,(H,27,33)/t14?,15?,17-/m1/s1. The number of aliphatic imine (C=N–C) groups is 1. The smallest absolute Gasteiger partial charge is 0.280 e. The molecule has 8 nitrogen and oxygen atoms in total. The molecule has 2 aromatic rings. The third kappa shape index (κ3) is 3.71. The van der Waals surface area contributed by atoms with Crippen molar-refractivity contribution in [1.29, 1.82) is 0 Å². The fourth-order valence-electron chi connectivity index (χ4n) is 5.30. The van der Waals surface area contributed by atoms with Crippen LogP contribution in [0.5, 0.6) is 0 Å². The lowest BCUT2D eigenvalue weighted by atomic mass is 10.1. The molecular weight excluding hydrogens is 428 g/mol. The summed E-state index contributed by atoms with van der Waals surface area (Å²) in [7, 11) is 0. The third-order valence-electron chi connectivity index (χ3n) is 7.24. The van der Waals surface area contributed by atoms with Gasteiger partial charge in [0.15, 0.2) is 5.69 Å². The van der Waals surface area contributed by atoms with Crippen LogP contribution in [-0.2, 0) is 6.54 Å². The molecule has 2 saturated carbocycles. The predicted molar refractivity (Wildman–Crippen MR) is 118 cm³/mol. The van der Waals surface area contributed by atoms with Gasteiger partial charge in [-0.2, -0.15) is 0 Å². The molecule has 172 valence electrons. The lowest BCUT2D eigenvalue weighted by molar-refractivity contribution is 0.0941. The number of aromatic nitrogens is 4. The van der Waals surface area contributed by atoms with Crippen LogP contribution in [0, 0.1) is 11.8 Å². The zero-order valence-electron chi connectivity index (χ0n) is 18.3. The van der Waals surface area contributed by atoms with E-state index in [-0.39, 0.29) is 29.9 Å². The Kier molecular flexibility index (Phi) is 4.77. The van der Waals surface area contributed by atoms with E-state index in [4.69, 9.17) is 0 Å². The Balaban J connectivity index is 1.15. The lowest BCUT2D eigenvalue weighted by Crippen LogP contribution is -2.37. The van der Waals surface area contributed by atoms with Crippen molar-refractivity contribution in [1.82, 2.24) is 25.3 Å². The number of carbonyl (C=O) groups excluding carboxylic acids is 1. The number of nitrogens with zero attached hydrogens (tertiary/aromatic N) is 6. The van der Waals surface area contributed by atoms with E-state index in [2.05, 4.69) is 37.4 Å². The number of fused-ring (bicyclic) bond motifs is 2. The number of carbonyl (C=O) groups is 1. The maximum atomic E-state index is 13.8. The van der Waals surface area contributed by atoms with E-state index < -0.39 is 6.43 Å². The first kappa shape index (κ1) is 20.4. The minimum Gasteiger partial charge on any atom is -0.356 e. The lowest BCUT2D eigenvalue weighted by Gasteiger charge is -2.20. The van der Waals surface area contributed by atoms with Gasteiger partial charge in [-0.05, 0) is 55.2 Å². The molecule has 0 radical (unpaired) electrons. The first-order valence-electron chi connectivity index (χ1n) is 11.4. The molecule has 2 aliphatic carbocycles. The second kappa shape index (κ2) is 7.71. The number of halogens is 2. The van der Waals surface area contributed by atoms with E-state index in [0.717, 1.165) is 31.6 Å². The van der Waals surface area contributed by atoms with Gasteiger partial charge in [0.1, 0.15) is 11.5 Å². The van der Waals surface area contributed by atoms with Crippen LogP contribution in [0.2, 0.25) is 0 Å². The number of amides is 1. The quantitative estimate of drug-likeness (QED) is 0.727. The van der Waals surface area contributed by atoms with Crippen molar-refractivity contribution in [2.24, 2.45) is 16.8 Å². The maximum absolute atomic E-state index is 13.8. The fraction of sp³-hybridized carbons (Fsp3) is 0.522. The Bertz CT molecular complexity index is 1180. The van der Waals surface area contributed by atoms with Gasteiger partial charge in [0.25, 0.3) is 12.3 Å². The Labute approximate surface area is 189 Å². The number of hydrogen-bond donors (Lipinski definition) is 1. The minimum absolute atomic E-state index is 0.0701. The molecule has 2 aliphatic heterocycles. The van der Waals surface area contributed by atoms with Gasteiger partial charge in [-0.15, -0.1) is 5.10 Å². The molecule has 0 aromatic carbocycles. The molecule has 33 heavy (non-hydrogen) atoms. The van der Waals surface area contributed by atoms with Gasteiger partial charge < -0.3 is 10.2 Å². The summed E-state index contributed by atoms with van der Waals surface area (Å²) in [6.45, 7) is 4.63. The third-order valence-corrected chi connectivity index (χ3v) is 7.24. The average Bonchev–Trinajstić information content (AvgIpc) is 3.27. The number of piperidine rings is 1. The van der Waals surface area contributed by atoms with Crippen LogP contribution in [0.1, 0.15) is 54.4 Å². The van der Waals surface area contributed by atoms with E-state index >= 15 is 0 Å². The summed E-state index contributed by atoms with van der Waals surface area (Å²) in [4.78, 5) is 23.6. The molecule has 6 rings (SSSR count). The van der Waals surface area contributed by atoms with E-state index in [0.29, 0.717) is 29.8 Å². The molecule has 1 N–H and O–H groups in total. The summed E-state index contributed by atoms with van der Waals surface area (Å²) >= 11 is 0. The van der Waals surface area contributed by atoms with Crippen LogP contribution in [-0.4, -0.2) is 57.3 Å². The van der Waals surface area contributed by atoms with Crippen molar-refractivity contribution in [2.75, 3.05) is 24.5 Å². The van der Waals surface area contributed by atoms with Crippen LogP contribution in [0.4, 0.5) is 14.6 Å². The van der Waals surface area contributed by atoms with E-state index in [1.807, 2.05) is 0 Å². The number of nitrogens with one attached hydrogen (secondary N) is 1. The van der Waals surface area contributed by atoms with E-state index in [1.165, 1.54) is 28.4 Å². The SMILES string of the molecule is CC1=C2CC[C@@H](NC(=O)c3cn(Cc4ccc(N5CC6CC6C5)nc4C(F)F)nn3)C2=NC1.